The lowest BCUT2D eigenvalue weighted by atomic mass is 9.95. The van der Waals surface area contributed by atoms with E-state index in [-0.39, 0.29) is 12.8 Å². The largest absolute Gasteiger partial charge is 0.466 e. The molecule has 0 aromatic heterocycles. The average molecular weight is 517 g/mol. The van der Waals surface area contributed by atoms with Crippen molar-refractivity contribution in [1.29, 1.82) is 0 Å². The van der Waals surface area contributed by atoms with Gasteiger partial charge >= 0.3 is 45.1 Å². The lowest BCUT2D eigenvalue weighted by molar-refractivity contribution is -0.349. The molecule has 1 rings (SSSR count). The molecule has 192 valence electrons. The van der Waals surface area contributed by atoms with Crippen LogP contribution in [0.25, 0.3) is 0 Å². The summed E-state index contributed by atoms with van der Waals surface area (Å²) in [7, 11) is -6.66. The fraction of sp³-hybridized carbons (Fsp3) is 0.765. The fourth-order valence-corrected chi connectivity index (χ4v) is 3.29. The van der Waals surface area contributed by atoms with Crippen LogP contribution in [0.2, 0.25) is 0 Å². The van der Waals surface area contributed by atoms with E-state index in [2.05, 4.69) is 16.1 Å². The summed E-state index contributed by atoms with van der Waals surface area (Å²) in [4.78, 5) is 24.3. The van der Waals surface area contributed by atoms with E-state index >= 15 is 0 Å². The van der Waals surface area contributed by atoms with Crippen molar-refractivity contribution < 1.29 is 62.8 Å². The minimum absolute atomic E-state index is 0.257. The van der Waals surface area contributed by atoms with Crippen LogP contribution >= 0.6 is 0 Å². The molecule has 1 unspecified atom stereocenters. The molecular weight excluding hydrogens is 495 g/mol. The zero-order valence-corrected chi connectivity index (χ0v) is 18.0. The predicted molar refractivity (Wildman–Crippen MR) is 96.7 cm³/mol. The third-order valence-electron chi connectivity index (χ3n) is 4.67. The number of rotatable bonds is 10. The summed E-state index contributed by atoms with van der Waals surface area (Å²) in [5.41, 5.74) is -0.638. The van der Waals surface area contributed by atoms with E-state index in [0.717, 1.165) is 13.3 Å². The molecule has 0 aliphatic heterocycles. The Kier molecular flexibility index (Phi) is 8.93. The number of carbonyl (C=O) groups excluding carboxylic acids is 2. The molecule has 0 aromatic rings. The number of esters is 1. The maximum absolute atomic E-state index is 13.9. The van der Waals surface area contributed by atoms with Gasteiger partial charge in [0.05, 0.1) is 6.61 Å². The van der Waals surface area contributed by atoms with Crippen LogP contribution in [0.15, 0.2) is 12.2 Å². The molecular formula is C17H22F7NO7S. The number of ether oxygens (including phenoxy) is 2. The van der Waals surface area contributed by atoms with Crippen LogP contribution in [0.1, 0.15) is 45.4 Å². The molecule has 1 fully saturated rings. The molecule has 0 spiro atoms. The zero-order valence-electron chi connectivity index (χ0n) is 17.2. The molecule has 0 bridgehead atoms. The summed E-state index contributed by atoms with van der Waals surface area (Å²) in [6.07, 6.45) is -5.92. The van der Waals surface area contributed by atoms with E-state index in [0.29, 0.717) is 12.8 Å². The van der Waals surface area contributed by atoms with Gasteiger partial charge in [-0.05, 0) is 19.8 Å². The van der Waals surface area contributed by atoms with Crippen LogP contribution in [0.4, 0.5) is 30.7 Å². The first kappa shape index (κ1) is 29.1. The number of carbonyl (C=O) groups is 2. The number of halogens is 7. The molecule has 2 N–H and O–H groups in total. The highest BCUT2D eigenvalue weighted by atomic mass is 32.2. The summed E-state index contributed by atoms with van der Waals surface area (Å²) in [5, 5.41) is -4.13. The van der Waals surface area contributed by atoms with Gasteiger partial charge in [0.15, 0.2) is 0 Å². The van der Waals surface area contributed by atoms with Crippen molar-refractivity contribution in [1.82, 2.24) is 5.32 Å². The molecule has 1 aliphatic carbocycles. The Labute approximate surface area is 184 Å². The summed E-state index contributed by atoms with van der Waals surface area (Å²) in [5.74, 6) is -14.0. The van der Waals surface area contributed by atoms with Crippen LogP contribution in [0.5, 0.6) is 0 Å². The van der Waals surface area contributed by atoms with Crippen molar-refractivity contribution in [2.45, 2.75) is 74.6 Å². The minimum atomic E-state index is -6.66. The number of alkyl halides is 7. The maximum atomic E-state index is 13.9. The van der Waals surface area contributed by atoms with Crippen molar-refractivity contribution >= 4 is 22.0 Å². The van der Waals surface area contributed by atoms with Crippen molar-refractivity contribution in [3.63, 3.8) is 0 Å². The van der Waals surface area contributed by atoms with E-state index in [9.17, 15) is 48.7 Å². The minimum Gasteiger partial charge on any atom is -0.412 e. The first-order valence-electron chi connectivity index (χ1n) is 9.41. The predicted octanol–water partition coefficient (Wildman–Crippen LogP) is 3.34. The van der Waals surface area contributed by atoms with E-state index in [4.69, 9.17) is 4.55 Å². The molecule has 1 saturated carbocycles. The molecule has 1 amide bonds. The Morgan fingerprint density at radius 1 is 1.06 bits per heavy atom. The lowest BCUT2D eigenvalue weighted by Gasteiger charge is -2.35. The second kappa shape index (κ2) is 10.1. The second-order valence-electron chi connectivity index (χ2n) is 7.39. The first-order valence-corrected chi connectivity index (χ1v) is 10.9. The Morgan fingerprint density at radius 3 is 2.00 bits per heavy atom. The summed E-state index contributed by atoms with van der Waals surface area (Å²) in [6, 6.07) is -0.801. The van der Waals surface area contributed by atoms with Gasteiger partial charge in [0.2, 0.25) is 0 Å². The molecule has 1 atom stereocenters. The second-order valence-corrected chi connectivity index (χ2v) is 8.85. The summed E-state index contributed by atoms with van der Waals surface area (Å²) < 4.78 is 133. The van der Waals surface area contributed by atoms with Gasteiger partial charge in [-0.3, -0.25) is 9.35 Å². The first-order chi connectivity index (χ1) is 14.8. The molecule has 0 aromatic carbocycles. The molecule has 33 heavy (non-hydrogen) atoms. The van der Waals surface area contributed by atoms with Crippen molar-refractivity contribution in [2.24, 2.45) is 0 Å². The normalized spacial score (nSPS) is 18.3. The molecule has 16 heteroatoms. The van der Waals surface area contributed by atoms with Crippen LogP contribution in [-0.2, 0) is 29.2 Å². The summed E-state index contributed by atoms with van der Waals surface area (Å²) in [6.45, 7) is 1.91. The highest BCUT2D eigenvalue weighted by Crippen LogP contribution is 2.42. The molecule has 0 saturated heterocycles. The number of amides is 1. The smallest absolute Gasteiger partial charge is 0.412 e. The van der Waals surface area contributed by atoms with Crippen molar-refractivity contribution in [3.05, 3.63) is 12.2 Å². The van der Waals surface area contributed by atoms with Gasteiger partial charge in [-0.2, -0.15) is 39.2 Å². The molecule has 0 heterocycles. The topological polar surface area (TPSA) is 119 Å². The van der Waals surface area contributed by atoms with Gasteiger partial charge in [-0.1, -0.05) is 25.8 Å². The van der Waals surface area contributed by atoms with Crippen molar-refractivity contribution in [2.75, 3.05) is 6.61 Å². The Balaban J connectivity index is 3.26. The SMILES string of the molecule is C=C(C)C(=O)OC(OCCC(F)(F)C(F)(F)S(=O)(=O)O)(C(=O)NC1CCCCC1)C(F)(F)F. The van der Waals surface area contributed by atoms with Gasteiger partial charge in [-0.15, -0.1) is 0 Å². The third kappa shape index (κ3) is 6.56. The zero-order chi connectivity index (χ0) is 25.9. The van der Waals surface area contributed by atoms with Gasteiger partial charge in [0.25, 0.3) is 0 Å². The van der Waals surface area contributed by atoms with E-state index < -0.39 is 69.8 Å². The number of nitrogens with one attached hydrogen (secondary N) is 1. The Morgan fingerprint density at radius 2 is 1.58 bits per heavy atom. The highest BCUT2D eigenvalue weighted by Gasteiger charge is 2.68. The third-order valence-corrected chi connectivity index (χ3v) is 5.62. The lowest BCUT2D eigenvalue weighted by Crippen LogP contribution is -2.63. The molecule has 8 nitrogen and oxygen atoms in total. The van der Waals surface area contributed by atoms with E-state index in [1.54, 1.807) is 0 Å². The van der Waals surface area contributed by atoms with Gasteiger partial charge in [0, 0.05) is 18.0 Å². The maximum Gasteiger partial charge on any atom is 0.466 e. The molecule has 1 aliphatic rings. The van der Waals surface area contributed by atoms with Crippen molar-refractivity contribution in [3.8, 4) is 0 Å². The van der Waals surface area contributed by atoms with Gasteiger partial charge < -0.3 is 14.8 Å². The Hall–Kier alpha value is -1.94. The molecule has 0 radical (unpaired) electrons. The van der Waals surface area contributed by atoms with E-state index in [1.807, 2.05) is 5.32 Å². The van der Waals surface area contributed by atoms with Crippen LogP contribution in [-0.4, -0.2) is 60.6 Å². The quantitative estimate of drug-likeness (QED) is 0.150. The van der Waals surface area contributed by atoms with Gasteiger partial charge in [-0.25, -0.2) is 4.79 Å². The van der Waals surface area contributed by atoms with Crippen LogP contribution in [0, 0.1) is 0 Å². The average Bonchev–Trinajstić information content (AvgIpc) is 2.65. The highest BCUT2D eigenvalue weighted by molar-refractivity contribution is 7.87. The van der Waals surface area contributed by atoms with Crippen LogP contribution in [0.3, 0.4) is 0 Å². The monoisotopic (exact) mass is 517 g/mol. The standard InChI is InChI=1S/C17H22F7NO7S/c1-10(2)12(26)32-15(16(20,21)22,13(27)25-11-6-4-3-5-7-11)31-9-8-14(18,19)17(23,24)33(28,29)30/h11H,1,3-9H2,2H3,(H,25,27)(H,28,29,30). The van der Waals surface area contributed by atoms with Gasteiger partial charge in [0.1, 0.15) is 0 Å². The van der Waals surface area contributed by atoms with E-state index in [1.165, 1.54) is 0 Å². The number of hydrogen-bond donors (Lipinski definition) is 2. The number of hydrogen-bond acceptors (Lipinski definition) is 6. The van der Waals surface area contributed by atoms with Crippen LogP contribution < -0.4 is 5.32 Å². The fourth-order valence-electron chi connectivity index (χ4n) is 2.81. The summed E-state index contributed by atoms with van der Waals surface area (Å²) >= 11 is 0. The Bertz CT molecular complexity index is 854.